The van der Waals surface area contributed by atoms with Crippen LogP contribution in [0.4, 0.5) is 4.79 Å². The Morgan fingerprint density at radius 2 is 2.17 bits per heavy atom. The van der Waals surface area contributed by atoms with E-state index in [2.05, 4.69) is 31.2 Å². The van der Waals surface area contributed by atoms with Gasteiger partial charge in [-0.05, 0) is 45.6 Å². The summed E-state index contributed by atoms with van der Waals surface area (Å²) < 4.78 is 7.70. The molecule has 23 heavy (non-hydrogen) atoms. The number of hydrogen-bond acceptors (Lipinski definition) is 3. The van der Waals surface area contributed by atoms with Gasteiger partial charge in [-0.2, -0.15) is 5.10 Å². The molecule has 2 rings (SSSR count). The lowest BCUT2D eigenvalue weighted by Crippen LogP contribution is -2.54. The van der Waals surface area contributed by atoms with E-state index in [1.807, 2.05) is 23.6 Å². The summed E-state index contributed by atoms with van der Waals surface area (Å²) in [6.07, 6.45) is 2.78. The van der Waals surface area contributed by atoms with Gasteiger partial charge >= 0.3 is 6.03 Å². The zero-order chi connectivity index (χ0) is 17.0. The molecule has 1 aromatic rings. The molecular weight excluding hydrogens is 292 g/mol. The Balaban J connectivity index is 1.77. The first kappa shape index (κ1) is 17.8. The first-order valence-corrected chi connectivity index (χ1v) is 8.52. The lowest BCUT2D eigenvalue weighted by Gasteiger charge is -2.39. The molecule has 1 fully saturated rings. The fraction of sp³-hybridized carbons (Fsp3) is 0.765. The molecule has 0 unspecified atom stereocenters. The minimum atomic E-state index is -0.209. The number of rotatable bonds is 5. The molecule has 0 bridgehead atoms. The van der Waals surface area contributed by atoms with Crippen molar-refractivity contribution in [3.63, 3.8) is 0 Å². The molecule has 1 aromatic heterocycles. The van der Waals surface area contributed by atoms with Gasteiger partial charge in [0, 0.05) is 25.8 Å². The maximum atomic E-state index is 12.3. The van der Waals surface area contributed by atoms with E-state index in [4.69, 9.17) is 4.74 Å². The monoisotopic (exact) mass is 322 g/mol. The number of amides is 2. The van der Waals surface area contributed by atoms with Gasteiger partial charge in [-0.3, -0.25) is 4.68 Å². The number of aryl methyl sites for hydroxylation is 2. The lowest BCUT2D eigenvalue weighted by molar-refractivity contribution is -0.0872. The summed E-state index contributed by atoms with van der Waals surface area (Å²) in [6.45, 7) is 10.9. The molecule has 130 valence electrons. The zero-order valence-electron chi connectivity index (χ0n) is 15.1. The first-order valence-electron chi connectivity index (χ1n) is 8.52. The minimum absolute atomic E-state index is 0.0209. The van der Waals surface area contributed by atoms with Crippen LogP contribution in [0.3, 0.4) is 0 Å². The second kappa shape index (κ2) is 7.34. The van der Waals surface area contributed by atoms with Gasteiger partial charge in [0.15, 0.2) is 0 Å². The van der Waals surface area contributed by atoms with Crippen LogP contribution in [0, 0.1) is 13.8 Å². The Bertz CT molecular complexity index is 555. The third-order valence-corrected chi connectivity index (χ3v) is 4.91. The third-order valence-electron chi connectivity index (χ3n) is 4.91. The second-order valence-corrected chi connectivity index (χ2v) is 6.68. The summed E-state index contributed by atoms with van der Waals surface area (Å²) in [7, 11) is 1.97. The number of nitrogens with zero attached hydrogens (tertiary/aromatic N) is 3. The van der Waals surface area contributed by atoms with Crippen LogP contribution in [-0.4, -0.2) is 52.6 Å². The molecule has 1 atom stereocenters. The molecule has 1 N–H and O–H groups in total. The topological polar surface area (TPSA) is 59.4 Å². The van der Waals surface area contributed by atoms with Gasteiger partial charge in [-0.1, -0.05) is 6.92 Å². The highest BCUT2D eigenvalue weighted by Crippen LogP contribution is 2.21. The van der Waals surface area contributed by atoms with Crippen molar-refractivity contribution in [3.05, 3.63) is 17.0 Å². The molecule has 1 aliphatic heterocycles. The van der Waals surface area contributed by atoms with Crippen LogP contribution in [-0.2, 0) is 18.2 Å². The van der Waals surface area contributed by atoms with Crippen LogP contribution >= 0.6 is 0 Å². The van der Waals surface area contributed by atoms with E-state index in [1.54, 1.807) is 0 Å². The molecule has 1 aliphatic rings. The number of hydrogen-bond donors (Lipinski definition) is 1. The predicted octanol–water partition coefficient (Wildman–Crippen LogP) is 2.18. The molecule has 6 heteroatoms. The number of aromatic nitrogens is 2. The predicted molar refractivity (Wildman–Crippen MR) is 90.6 cm³/mol. The van der Waals surface area contributed by atoms with Crippen LogP contribution in [0.5, 0.6) is 0 Å². The molecule has 0 aliphatic carbocycles. The standard InChI is InChI=1S/C17H30N4O2/c1-6-17(4)12-21(10-11-23-17)16(22)18-9-7-8-15-13(2)19-20(5)14(15)3/h6-12H2,1-5H3,(H,18,22)/t17-/m1/s1. The van der Waals surface area contributed by atoms with E-state index in [-0.39, 0.29) is 11.6 Å². The van der Waals surface area contributed by atoms with Gasteiger partial charge < -0.3 is 15.0 Å². The second-order valence-electron chi connectivity index (χ2n) is 6.68. The normalized spacial score (nSPS) is 21.5. The van der Waals surface area contributed by atoms with Crippen molar-refractivity contribution in [3.8, 4) is 0 Å². The summed E-state index contributed by atoms with van der Waals surface area (Å²) in [4.78, 5) is 14.2. The Morgan fingerprint density at radius 3 is 2.78 bits per heavy atom. The van der Waals surface area contributed by atoms with Crippen molar-refractivity contribution in [1.82, 2.24) is 20.0 Å². The van der Waals surface area contributed by atoms with Gasteiger partial charge in [-0.15, -0.1) is 0 Å². The van der Waals surface area contributed by atoms with Crippen molar-refractivity contribution < 1.29 is 9.53 Å². The summed E-state index contributed by atoms with van der Waals surface area (Å²) in [5, 5.41) is 7.46. The molecule has 0 aromatic carbocycles. The van der Waals surface area contributed by atoms with Crippen molar-refractivity contribution in [2.24, 2.45) is 7.05 Å². The average Bonchev–Trinajstić information content (AvgIpc) is 2.77. The highest BCUT2D eigenvalue weighted by atomic mass is 16.5. The summed E-state index contributed by atoms with van der Waals surface area (Å²) in [6, 6.07) is 0.0209. The van der Waals surface area contributed by atoms with Crippen LogP contribution < -0.4 is 5.32 Å². The highest BCUT2D eigenvalue weighted by molar-refractivity contribution is 5.74. The van der Waals surface area contributed by atoms with Crippen LogP contribution in [0.25, 0.3) is 0 Å². The van der Waals surface area contributed by atoms with Gasteiger partial charge in [0.05, 0.1) is 24.4 Å². The minimum Gasteiger partial charge on any atom is -0.372 e. The third kappa shape index (κ3) is 4.25. The van der Waals surface area contributed by atoms with Crippen molar-refractivity contribution in [2.45, 2.75) is 52.6 Å². The molecule has 0 spiro atoms. The Hall–Kier alpha value is -1.56. The van der Waals surface area contributed by atoms with Crippen molar-refractivity contribution in [2.75, 3.05) is 26.2 Å². The number of morpholine rings is 1. The SMILES string of the molecule is CC[C@]1(C)CN(C(=O)NCCCc2c(C)nn(C)c2C)CCO1. The Labute approximate surface area is 139 Å². The molecule has 2 heterocycles. The van der Waals surface area contributed by atoms with Gasteiger partial charge in [0.1, 0.15) is 0 Å². The summed E-state index contributed by atoms with van der Waals surface area (Å²) >= 11 is 0. The lowest BCUT2D eigenvalue weighted by atomic mass is 10.0. The summed E-state index contributed by atoms with van der Waals surface area (Å²) in [5.41, 5.74) is 3.38. The van der Waals surface area contributed by atoms with Crippen molar-refractivity contribution >= 4 is 6.03 Å². The summed E-state index contributed by atoms with van der Waals surface area (Å²) in [5.74, 6) is 0. The maximum absolute atomic E-state index is 12.3. The highest BCUT2D eigenvalue weighted by Gasteiger charge is 2.32. The van der Waals surface area contributed by atoms with E-state index < -0.39 is 0 Å². The number of urea groups is 1. The van der Waals surface area contributed by atoms with Gasteiger partial charge in [0.25, 0.3) is 0 Å². The number of nitrogens with one attached hydrogen (secondary N) is 1. The fourth-order valence-electron chi connectivity index (χ4n) is 3.07. The van der Waals surface area contributed by atoms with E-state index in [0.29, 0.717) is 26.2 Å². The smallest absolute Gasteiger partial charge is 0.317 e. The quantitative estimate of drug-likeness (QED) is 0.845. The largest absolute Gasteiger partial charge is 0.372 e. The number of carbonyl (C=O) groups is 1. The fourth-order valence-corrected chi connectivity index (χ4v) is 3.07. The molecule has 1 saturated heterocycles. The molecule has 0 radical (unpaired) electrons. The average molecular weight is 322 g/mol. The Kier molecular flexibility index (Phi) is 5.68. The first-order chi connectivity index (χ1) is 10.9. The van der Waals surface area contributed by atoms with E-state index in [1.165, 1.54) is 11.3 Å². The number of carbonyl (C=O) groups excluding carboxylic acids is 1. The molecule has 2 amide bonds. The molecule has 0 saturated carbocycles. The van der Waals surface area contributed by atoms with Gasteiger partial charge in [-0.25, -0.2) is 4.79 Å². The number of ether oxygens (including phenoxy) is 1. The van der Waals surface area contributed by atoms with Crippen molar-refractivity contribution in [1.29, 1.82) is 0 Å². The molecule has 6 nitrogen and oxygen atoms in total. The van der Waals surface area contributed by atoms with Crippen LogP contribution in [0.1, 0.15) is 43.6 Å². The van der Waals surface area contributed by atoms with E-state index in [0.717, 1.165) is 25.0 Å². The van der Waals surface area contributed by atoms with E-state index in [9.17, 15) is 4.79 Å². The van der Waals surface area contributed by atoms with Crippen LogP contribution in [0.2, 0.25) is 0 Å². The van der Waals surface area contributed by atoms with Crippen LogP contribution in [0.15, 0.2) is 0 Å². The van der Waals surface area contributed by atoms with Gasteiger partial charge in [0.2, 0.25) is 0 Å². The van der Waals surface area contributed by atoms with E-state index >= 15 is 0 Å². The maximum Gasteiger partial charge on any atom is 0.317 e. The Morgan fingerprint density at radius 1 is 1.43 bits per heavy atom. The molecular formula is C17H30N4O2. The zero-order valence-corrected chi connectivity index (χ0v) is 15.1.